The summed E-state index contributed by atoms with van der Waals surface area (Å²) in [5.41, 5.74) is 6.88. The fourth-order valence-corrected chi connectivity index (χ4v) is 3.49. The SMILES string of the molecule is COc1cc2ncnc(-n3nc(-c4ccccn4)nc3N)c2cc1OCCCCNC(=O)OC(C)(C)C. The Labute approximate surface area is 214 Å². The Kier molecular flexibility index (Phi) is 7.66. The van der Waals surface area contributed by atoms with Crippen molar-refractivity contribution in [3.63, 3.8) is 0 Å². The predicted molar refractivity (Wildman–Crippen MR) is 138 cm³/mol. The van der Waals surface area contributed by atoms with Gasteiger partial charge in [-0.2, -0.15) is 9.67 Å². The van der Waals surface area contributed by atoms with E-state index in [4.69, 9.17) is 19.9 Å². The molecule has 0 bridgehead atoms. The highest BCUT2D eigenvalue weighted by Gasteiger charge is 2.18. The number of rotatable bonds is 9. The molecule has 37 heavy (non-hydrogen) atoms. The number of nitrogens with zero attached hydrogens (tertiary/aromatic N) is 6. The predicted octanol–water partition coefficient (Wildman–Crippen LogP) is 3.55. The molecule has 3 aromatic heterocycles. The van der Waals surface area contributed by atoms with Crippen molar-refractivity contribution in [1.29, 1.82) is 0 Å². The zero-order chi connectivity index (χ0) is 26.4. The van der Waals surface area contributed by atoms with Gasteiger partial charge in [-0.1, -0.05) is 6.07 Å². The van der Waals surface area contributed by atoms with Gasteiger partial charge in [0.25, 0.3) is 0 Å². The van der Waals surface area contributed by atoms with Gasteiger partial charge in [-0.15, -0.1) is 5.10 Å². The van der Waals surface area contributed by atoms with E-state index in [1.807, 2.05) is 32.9 Å². The van der Waals surface area contributed by atoms with Crippen molar-refractivity contribution < 1.29 is 19.0 Å². The van der Waals surface area contributed by atoms with Crippen molar-refractivity contribution in [1.82, 2.24) is 35.0 Å². The standard InChI is InChI=1S/C25H30N8O4/c1-25(2,3)37-24(34)28-11-7-8-12-36-20-13-16-18(14-19(20)35-4)29-15-30-22(16)33-23(26)31-21(32-33)17-9-5-6-10-27-17/h5-6,9-10,13-15H,7-8,11-12H2,1-4H3,(H,28,34)(H2,26,31,32). The average Bonchev–Trinajstić information content (AvgIpc) is 3.26. The molecule has 4 rings (SSSR count). The van der Waals surface area contributed by atoms with Gasteiger partial charge in [0.15, 0.2) is 17.3 Å². The van der Waals surface area contributed by atoms with Crippen molar-refractivity contribution in [2.24, 2.45) is 0 Å². The van der Waals surface area contributed by atoms with Crippen LogP contribution in [-0.2, 0) is 4.74 Å². The van der Waals surface area contributed by atoms with E-state index in [9.17, 15) is 4.79 Å². The first-order valence-electron chi connectivity index (χ1n) is 11.8. The Balaban J connectivity index is 1.49. The third-order valence-corrected chi connectivity index (χ3v) is 5.12. The second-order valence-electron chi connectivity index (χ2n) is 9.12. The number of aromatic nitrogens is 6. The molecule has 0 spiro atoms. The Hall–Kier alpha value is -4.48. The van der Waals surface area contributed by atoms with E-state index in [1.54, 1.807) is 31.5 Å². The monoisotopic (exact) mass is 506 g/mol. The number of nitrogen functional groups attached to an aromatic ring is 1. The molecule has 0 aliphatic carbocycles. The maximum atomic E-state index is 11.8. The fourth-order valence-electron chi connectivity index (χ4n) is 3.49. The van der Waals surface area contributed by atoms with Gasteiger partial charge >= 0.3 is 6.09 Å². The van der Waals surface area contributed by atoms with Crippen molar-refractivity contribution >= 4 is 22.9 Å². The quantitative estimate of drug-likeness (QED) is 0.322. The van der Waals surface area contributed by atoms with Gasteiger partial charge in [-0.3, -0.25) is 4.98 Å². The number of hydrogen-bond donors (Lipinski definition) is 2. The number of unbranched alkanes of at least 4 members (excludes halogenated alkanes) is 1. The van der Waals surface area contributed by atoms with Crippen molar-refractivity contribution in [3.8, 4) is 28.8 Å². The van der Waals surface area contributed by atoms with Crippen LogP contribution in [0.4, 0.5) is 10.7 Å². The van der Waals surface area contributed by atoms with Crippen LogP contribution in [0.1, 0.15) is 33.6 Å². The molecule has 0 aliphatic heterocycles. The minimum atomic E-state index is -0.528. The molecule has 0 unspecified atom stereocenters. The van der Waals surface area contributed by atoms with Gasteiger partial charge in [-0.25, -0.2) is 14.8 Å². The van der Waals surface area contributed by atoms with E-state index in [-0.39, 0.29) is 5.95 Å². The Morgan fingerprint density at radius 1 is 1.11 bits per heavy atom. The summed E-state index contributed by atoms with van der Waals surface area (Å²) < 4.78 is 18.2. The average molecular weight is 507 g/mol. The highest BCUT2D eigenvalue weighted by atomic mass is 16.6. The van der Waals surface area contributed by atoms with Crippen LogP contribution in [0.3, 0.4) is 0 Å². The highest BCUT2D eigenvalue weighted by Crippen LogP contribution is 2.34. The minimum Gasteiger partial charge on any atom is -0.493 e. The number of methoxy groups -OCH3 is 1. The van der Waals surface area contributed by atoms with Crippen LogP contribution in [0.15, 0.2) is 42.9 Å². The lowest BCUT2D eigenvalue weighted by atomic mass is 10.2. The van der Waals surface area contributed by atoms with Gasteiger partial charge in [0.05, 0.1) is 19.2 Å². The molecule has 0 saturated carbocycles. The summed E-state index contributed by atoms with van der Waals surface area (Å²) in [4.78, 5) is 29.1. The number of nitrogens with one attached hydrogen (secondary N) is 1. The molecular formula is C25H30N8O4. The summed E-state index contributed by atoms with van der Waals surface area (Å²) in [7, 11) is 1.56. The maximum Gasteiger partial charge on any atom is 0.407 e. The van der Waals surface area contributed by atoms with E-state index < -0.39 is 11.7 Å². The molecular weight excluding hydrogens is 476 g/mol. The minimum absolute atomic E-state index is 0.163. The van der Waals surface area contributed by atoms with Gasteiger partial charge in [0.1, 0.15) is 17.6 Å². The number of nitrogens with two attached hydrogens (primary N) is 1. The second-order valence-corrected chi connectivity index (χ2v) is 9.12. The molecule has 4 aromatic rings. The van der Waals surface area contributed by atoms with Crippen LogP contribution < -0.4 is 20.5 Å². The van der Waals surface area contributed by atoms with E-state index in [0.717, 1.165) is 6.42 Å². The third kappa shape index (κ3) is 6.40. The molecule has 1 amide bonds. The molecule has 194 valence electrons. The van der Waals surface area contributed by atoms with E-state index in [1.165, 1.54) is 11.0 Å². The molecule has 3 N–H and O–H groups in total. The zero-order valence-corrected chi connectivity index (χ0v) is 21.3. The molecule has 0 atom stereocenters. The first kappa shape index (κ1) is 25.6. The lowest BCUT2D eigenvalue weighted by Crippen LogP contribution is -2.33. The smallest absolute Gasteiger partial charge is 0.407 e. The largest absolute Gasteiger partial charge is 0.493 e. The number of carbonyl (C=O) groups is 1. The molecule has 0 saturated heterocycles. The maximum absolute atomic E-state index is 11.8. The number of ether oxygens (including phenoxy) is 3. The number of alkyl carbamates (subject to hydrolysis) is 1. The molecule has 0 radical (unpaired) electrons. The van der Waals surface area contributed by atoms with E-state index >= 15 is 0 Å². The van der Waals surface area contributed by atoms with Crippen molar-refractivity contribution in [3.05, 3.63) is 42.9 Å². The fraction of sp³-hybridized carbons (Fsp3) is 0.360. The molecule has 0 aliphatic rings. The summed E-state index contributed by atoms with van der Waals surface area (Å²) in [5.74, 6) is 2.05. The number of hydrogen-bond acceptors (Lipinski definition) is 10. The van der Waals surface area contributed by atoms with Crippen molar-refractivity contribution in [2.45, 2.75) is 39.2 Å². The number of carbonyl (C=O) groups excluding carboxylic acids is 1. The molecule has 12 nitrogen and oxygen atoms in total. The van der Waals surface area contributed by atoms with Crippen molar-refractivity contribution in [2.75, 3.05) is 26.0 Å². The number of fused-ring (bicyclic) bond motifs is 1. The Morgan fingerprint density at radius 2 is 1.95 bits per heavy atom. The highest BCUT2D eigenvalue weighted by molar-refractivity contribution is 5.88. The second kappa shape index (κ2) is 11.1. The zero-order valence-electron chi connectivity index (χ0n) is 21.3. The van der Waals surface area contributed by atoms with Crippen LogP contribution >= 0.6 is 0 Å². The summed E-state index contributed by atoms with van der Waals surface area (Å²) in [5, 5.41) is 7.92. The van der Waals surface area contributed by atoms with Crippen LogP contribution in [0.5, 0.6) is 11.5 Å². The number of anilines is 1. The van der Waals surface area contributed by atoms with Gasteiger partial charge < -0.3 is 25.3 Å². The first-order valence-corrected chi connectivity index (χ1v) is 11.8. The lowest BCUT2D eigenvalue weighted by molar-refractivity contribution is 0.0526. The van der Waals surface area contributed by atoms with E-state index in [2.05, 4.69) is 30.4 Å². The summed E-state index contributed by atoms with van der Waals surface area (Å²) in [6.07, 6.45) is 4.08. The number of pyridine rings is 1. The molecule has 1 aromatic carbocycles. The van der Waals surface area contributed by atoms with Crippen LogP contribution in [0.2, 0.25) is 0 Å². The number of amides is 1. The van der Waals surface area contributed by atoms with Crippen LogP contribution in [0.25, 0.3) is 28.2 Å². The van der Waals surface area contributed by atoms with Gasteiger partial charge in [-0.05, 0) is 51.8 Å². The lowest BCUT2D eigenvalue weighted by Gasteiger charge is -2.19. The van der Waals surface area contributed by atoms with Crippen LogP contribution in [0, 0.1) is 0 Å². The van der Waals surface area contributed by atoms with Gasteiger partial charge in [0.2, 0.25) is 11.8 Å². The summed E-state index contributed by atoms with van der Waals surface area (Å²) >= 11 is 0. The van der Waals surface area contributed by atoms with Crippen LogP contribution in [-0.4, -0.2) is 61.7 Å². The number of benzene rings is 1. The van der Waals surface area contributed by atoms with E-state index in [0.29, 0.717) is 59.3 Å². The topological polar surface area (TPSA) is 152 Å². The summed E-state index contributed by atoms with van der Waals surface area (Å²) in [6.45, 7) is 6.37. The first-order chi connectivity index (χ1) is 17.7. The molecule has 0 fully saturated rings. The third-order valence-electron chi connectivity index (χ3n) is 5.12. The summed E-state index contributed by atoms with van der Waals surface area (Å²) in [6, 6.07) is 9.03. The van der Waals surface area contributed by atoms with Gasteiger partial charge in [0, 0.05) is 24.2 Å². The normalized spacial score (nSPS) is 11.4. The Bertz CT molecular complexity index is 1370. The molecule has 3 heterocycles. The molecule has 12 heteroatoms. The Morgan fingerprint density at radius 3 is 2.68 bits per heavy atom.